The fourth-order valence-electron chi connectivity index (χ4n) is 5.03. The molecule has 10 nitrogen and oxygen atoms in total. The fourth-order valence-corrected chi connectivity index (χ4v) is 5.03. The van der Waals surface area contributed by atoms with E-state index in [0.29, 0.717) is 35.9 Å². The first-order valence-corrected chi connectivity index (χ1v) is 12.2. The van der Waals surface area contributed by atoms with Gasteiger partial charge in [0.15, 0.2) is 0 Å². The quantitative estimate of drug-likeness (QED) is 0.211. The predicted octanol–water partition coefficient (Wildman–Crippen LogP) is 4.48. The van der Waals surface area contributed by atoms with Crippen LogP contribution >= 0.6 is 0 Å². The number of nitro groups is 1. The van der Waals surface area contributed by atoms with E-state index in [0.717, 1.165) is 23.9 Å². The van der Waals surface area contributed by atoms with Crippen molar-refractivity contribution in [2.45, 2.75) is 38.1 Å². The zero-order valence-corrected chi connectivity index (χ0v) is 21.4. The number of hydrogen-bond donors (Lipinski definition) is 1. The number of hydrogen-bond acceptors (Lipinski definition) is 8. The second-order valence-electron chi connectivity index (χ2n) is 9.70. The van der Waals surface area contributed by atoms with Gasteiger partial charge in [-0.3, -0.25) is 10.1 Å². The van der Waals surface area contributed by atoms with Crippen LogP contribution in [0.3, 0.4) is 0 Å². The Labute approximate surface area is 210 Å². The highest BCUT2D eigenvalue weighted by Crippen LogP contribution is 2.43. The molecule has 2 N–H and O–H groups in total. The van der Waals surface area contributed by atoms with E-state index in [9.17, 15) is 14.9 Å². The molecule has 4 rings (SSSR count). The average molecular weight is 495 g/mol. The summed E-state index contributed by atoms with van der Waals surface area (Å²) < 4.78 is 7.16. The molecule has 1 fully saturated rings. The SMILES string of the molecule is COC(=O)c1c(N(C)CCN(C)C)cc(-c2ccc3c(c2)ncn3C2CCCCC2)c([N+](=O)[O-])c1N. The Hall–Kier alpha value is -3.66. The number of imidazole rings is 1. The number of aromatic nitrogens is 2. The summed E-state index contributed by atoms with van der Waals surface area (Å²) in [5.74, 6) is -0.712. The highest BCUT2D eigenvalue weighted by Gasteiger charge is 2.31. The van der Waals surface area contributed by atoms with Crippen LogP contribution < -0.4 is 10.6 Å². The van der Waals surface area contributed by atoms with Crippen molar-refractivity contribution in [3.05, 3.63) is 46.3 Å². The first-order valence-electron chi connectivity index (χ1n) is 12.2. The van der Waals surface area contributed by atoms with Gasteiger partial charge in [-0.25, -0.2) is 9.78 Å². The van der Waals surface area contributed by atoms with Crippen molar-refractivity contribution >= 4 is 34.1 Å². The topological polar surface area (TPSA) is 120 Å². The van der Waals surface area contributed by atoms with Gasteiger partial charge >= 0.3 is 11.7 Å². The number of methoxy groups -OCH3 is 1. The van der Waals surface area contributed by atoms with Crippen molar-refractivity contribution in [3.63, 3.8) is 0 Å². The molecule has 2 aromatic carbocycles. The largest absolute Gasteiger partial charge is 0.465 e. The van der Waals surface area contributed by atoms with Gasteiger partial charge in [0.05, 0.1) is 40.6 Å². The van der Waals surface area contributed by atoms with Gasteiger partial charge in [-0.05, 0) is 50.7 Å². The first-order chi connectivity index (χ1) is 17.2. The van der Waals surface area contributed by atoms with Crippen molar-refractivity contribution in [1.82, 2.24) is 14.5 Å². The van der Waals surface area contributed by atoms with Crippen molar-refractivity contribution in [2.24, 2.45) is 0 Å². The molecule has 0 saturated heterocycles. The third-order valence-electron chi connectivity index (χ3n) is 7.04. The molecule has 0 radical (unpaired) electrons. The summed E-state index contributed by atoms with van der Waals surface area (Å²) >= 11 is 0. The van der Waals surface area contributed by atoms with E-state index < -0.39 is 10.9 Å². The molecule has 0 spiro atoms. The zero-order valence-electron chi connectivity index (χ0n) is 21.4. The van der Waals surface area contributed by atoms with Crippen LogP contribution in [0.1, 0.15) is 48.5 Å². The van der Waals surface area contributed by atoms with Crippen LogP contribution in [0, 0.1) is 10.1 Å². The van der Waals surface area contributed by atoms with Gasteiger partial charge in [0.2, 0.25) is 0 Å². The first kappa shape index (κ1) is 25.4. The Kier molecular flexibility index (Phi) is 7.44. The van der Waals surface area contributed by atoms with Crippen LogP contribution in [0.2, 0.25) is 0 Å². The third kappa shape index (κ3) is 4.86. The lowest BCUT2D eigenvalue weighted by Crippen LogP contribution is -2.30. The van der Waals surface area contributed by atoms with Crippen LogP contribution in [-0.4, -0.2) is 66.7 Å². The number of nitrogens with zero attached hydrogens (tertiary/aromatic N) is 5. The molecule has 1 aliphatic carbocycles. The van der Waals surface area contributed by atoms with Gasteiger partial charge in [-0.2, -0.15) is 0 Å². The van der Waals surface area contributed by atoms with Crippen molar-refractivity contribution in [2.75, 3.05) is 52.0 Å². The molecule has 36 heavy (non-hydrogen) atoms. The summed E-state index contributed by atoms with van der Waals surface area (Å²) in [6.45, 7) is 1.30. The lowest BCUT2D eigenvalue weighted by atomic mass is 9.95. The van der Waals surface area contributed by atoms with Gasteiger partial charge in [-0.1, -0.05) is 25.3 Å². The van der Waals surface area contributed by atoms with Crippen LogP contribution in [0.5, 0.6) is 0 Å². The number of benzene rings is 2. The number of carbonyl (C=O) groups is 1. The minimum absolute atomic E-state index is 0.00291. The maximum atomic E-state index is 12.7. The molecule has 192 valence electrons. The highest BCUT2D eigenvalue weighted by atomic mass is 16.6. The normalized spacial score (nSPS) is 14.4. The summed E-state index contributed by atoms with van der Waals surface area (Å²) in [6.07, 6.45) is 7.83. The van der Waals surface area contributed by atoms with Crippen molar-refractivity contribution < 1.29 is 14.5 Å². The molecule has 1 heterocycles. The maximum absolute atomic E-state index is 12.7. The molecule has 1 saturated carbocycles. The number of nitro benzene ring substituents is 1. The van der Waals surface area contributed by atoms with Gasteiger partial charge < -0.3 is 24.8 Å². The molecule has 10 heteroatoms. The van der Waals surface area contributed by atoms with E-state index in [1.54, 1.807) is 6.07 Å². The number of nitrogen functional groups attached to an aromatic ring is 1. The predicted molar refractivity (Wildman–Crippen MR) is 142 cm³/mol. The van der Waals surface area contributed by atoms with Crippen molar-refractivity contribution in [3.8, 4) is 11.1 Å². The average Bonchev–Trinajstić information content (AvgIpc) is 3.29. The summed E-state index contributed by atoms with van der Waals surface area (Å²) in [5, 5.41) is 12.2. The highest BCUT2D eigenvalue weighted by molar-refractivity contribution is 6.06. The molecular formula is C26H34N6O4. The summed E-state index contributed by atoms with van der Waals surface area (Å²) in [5.41, 5.74) is 9.01. The van der Waals surface area contributed by atoms with E-state index in [1.807, 2.05) is 55.5 Å². The smallest absolute Gasteiger partial charge is 0.342 e. The molecular weight excluding hydrogens is 460 g/mol. The Bertz CT molecular complexity index is 1280. The zero-order chi connectivity index (χ0) is 26.0. The summed E-state index contributed by atoms with van der Waals surface area (Å²) in [6, 6.07) is 7.78. The molecule has 0 unspecified atom stereocenters. The third-order valence-corrected chi connectivity index (χ3v) is 7.04. The molecule has 0 atom stereocenters. The Balaban J connectivity index is 1.86. The van der Waals surface area contributed by atoms with Crippen LogP contribution in [0.25, 0.3) is 22.2 Å². The minimum atomic E-state index is -0.712. The monoisotopic (exact) mass is 494 g/mol. The van der Waals surface area contributed by atoms with Gasteiger partial charge in [0.25, 0.3) is 0 Å². The van der Waals surface area contributed by atoms with E-state index >= 15 is 0 Å². The molecule has 0 bridgehead atoms. The molecule has 0 amide bonds. The fraction of sp³-hybridized carbons (Fsp3) is 0.462. The van der Waals surface area contributed by atoms with Crippen LogP contribution in [0.4, 0.5) is 17.1 Å². The minimum Gasteiger partial charge on any atom is -0.465 e. The molecule has 1 aromatic heterocycles. The second-order valence-corrected chi connectivity index (χ2v) is 9.70. The number of fused-ring (bicyclic) bond motifs is 1. The van der Waals surface area contributed by atoms with Crippen LogP contribution in [0.15, 0.2) is 30.6 Å². The Morgan fingerprint density at radius 1 is 1.19 bits per heavy atom. The molecule has 1 aliphatic rings. The molecule has 0 aliphatic heterocycles. The Morgan fingerprint density at radius 2 is 1.92 bits per heavy atom. The van der Waals surface area contributed by atoms with Crippen molar-refractivity contribution in [1.29, 1.82) is 0 Å². The summed E-state index contributed by atoms with van der Waals surface area (Å²) in [7, 11) is 6.97. The van der Waals surface area contributed by atoms with Gasteiger partial charge in [-0.15, -0.1) is 0 Å². The van der Waals surface area contributed by atoms with E-state index in [-0.39, 0.29) is 16.9 Å². The van der Waals surface area contributed by atoms with Gasteiger partial charge in [0.1, 0.15) is 11.3 Å². The number of ether oxygens (including phenoxy) is 1. The Morgan fingerprint density at radius 3 is 2.56 bits per heavy atom. The van der Waals surface area contributed by atoms with E-state index in [2.05, 4.69) is 9.55 Å². The number of anilines is 2. The second kappa shape index (κ2) is 10.5. The van der Waals surface area contributed by atoms with Crippen LogP contribution in [-0.2, 0) is 4.74 Å². The number of rotatable bonds is 8. The maximum Gasteiger partial charge on any atom is 0.342 e. The number of carbonyl (C=O) groups excluding carboxylic acids is 1. The molecule has 3 aromatic rings. The number of esters is 1. The van der Waals surface area contributed by atoms with E-state index in [4.69, 9.17) is 10.5 Å². The standard InChI is InChI=1S/C26H34N6O4/c1-29(2)12-13-30(3)22-15-19(25(32(34)35)24(27)23(22)26(33)36-4)17-10-11-21-20(14-17)28-16-31(21)18-8-6-5-7-9-18/h10-11,14-16,18H,5-9,12-13,27H2,1-4H3. The number of likely N-dealkylation sites (N-methyl/N-ethyl adjacent to an activating group) is 2. The lowest BCUT2D eigenvalue weighted by molar-refractivity contribution is -0.383. The van der Waals surface area contributed by atoms with E-state index in [1.165, 1.54) is 26.4 Å². The number of nitrogens with two attached hydrogens (primary N) is 1. The van der Waals surface area contributed by atoms with Gasteiger partial charge in [0, 0.05) is 26.2 Å². The lowest BCUT2D eigenvalue weighted by Gasteiger charge is -2.25. The summed E-state index contributed by atoms with van der Waals surface area (Å²) in [4.78, 5) is 32.8.